The quantitative estimate of drug-likeness (QED) is 0.138. The van der Waals surface area contributed by atoms with Crippen LogP contribution in [-0.4, -0.2) is 81.7 Å². The topological polar surface area (TPSA) is 187 Å². The van der Waals surface area contributed by atoms with Crippen LogP contribution in [0.2, 0.25) is 0 Å². The lowest BCUT2D eigenvalue weighted by molar-refractivity contribution is -0.142. The Hall–Kier alpha value is -3.87. The first-order valence-electron chi connectivity index (χ1n) is 12.8. The van der Waals surface area contributed by atoms with Gasteiger partial charge in [0.2, 0.25) is 17.7 Å². The van der Waals surface area contributed by atoms with Crippen LogP contribution < -0.4 is 21.7 Å². The molecule has 12 heteroatoms. The molecule has 0 saturated carbocycles. The third-order valence-electron chi connectivity index (χ3n) is 6.41. The van der Waals surface area contributed by atoms with E-state index in [2.05, 4.69) is 20.9 Å². The molecule has 4 atom stereocenters. The second kappa shape index (κ2) is 15.1. The van der Waals surface area contributed by atoms with E-state index in [0.29, 0.717) is 5.75 Å². The van der Waals surface area contributed by atoms with E-state index in [-0.39, 0.29) is 19.3 Å². The highest BCUT2D eigenvalue weighted by Crippen LogP contribution is 2.18. The van der Waals surface area contributed by atoms with Gasteiger partial charge in [-0.05, 0) is 42.0 Å². The summed E-state index contributed by atoms with van der Waals surface area (Å²) in [6.45, 7) is -0.734. The average Bonchev–Trinajstić information content (AvgIpc) is 3.36. The normalized spacial score (nSPS) is 14.1. The number of carboxylic acid groups (broad SMARTS) is 1. The highest BCUT2D eigenvalue weighted by Gasteiger charge is 2.30. The highest BCUT2D eigenvalue weighted by molar-refractivity contribution is 7.98. The van der Waals surface area contributed by atoms with Crippen LogP contribution in [0.5, 0.6) is 0 Å². The number of hydrogen-bond donors (Lipinski definition) is 7. The lowest BCUT2D eigenvalue weighted by Gasteiger charge is -2.24. The molecule has 8 N–H and O–H groups in total. The van der Waals surface area contributed by atoms with Crippen molar-refractivity contribution in [2.24, 2.45) is 5.73 Å². The van der Waals surface area contributed by atoms with Gasteiger partial charge in [-0.15, -0.1) is 0 Å². The van der Waals surface area contributed by atoms with Crippen LogP contribution in [0.4, 0.5) is 0 Å². The Morgan fingerprint density at radius 3 is 2.17 bits per heavy atom. The minimum Gasteiger partial charge on any atom is -0.480 e. The molecule has 0 spiro atoms. The molecule has 214 valence electrons. The fourth-order valence-electron chi connectivity index (χ4n) is 4.20. The van der Waals surface area contributed by atoms with Crippen molar-refractivity contribution in [2.75, 3.05) is 18.6 Å². The predicted octanol–water partition coefficient (Wildman–Crippen LogP) is 0.565. The first-order chi connectivity index (χ1) is 19.2. The van der Waals surface area contributed by atoms with Crippen molar-refractivity contribution in [3.63, 3.8) is 0 Å². The molecule has 0 radical (unpaired) electrons. The Morgan fingerprint density at radius 1 is 0.875 bits per heavy atom. The average molecular weight is 570 g/mol. The summed E-state index contributed by atoms with van der Waals surface area (Å²) >= 11 is 1.45. The second-order valence-corrected chi connectivity index (χ2v) is 10.3. The van der Waals surface area contributed by atoms with Gasteiger partial charge in [-0.1, -0.05) is 48.5 Å². The number of nitrogens with one attached hydrogen (secondary N) is 4. The van der Waals surface area contributed by atoms with E-state index in [9.17, 15) is 29.4 Å². The molecule has 1 aromatic heterocycles. The zero-order valence-electron chi connectivity index (χ0n) is 22.1. The number of H-pyrrole nitrogens is 1. The number of aromatic amines is 1. The fourth-order valence-corrected chi connectivity index (χ4v) is 4.67. The zero-order valence-corrected chi connectivity index (χ0v) is 22.9. The Bertz CT molecular complexity index is 1300. The SMILES string of the molecule is CSCCC(NC(=O)C(Cc1ccccc1)NC(=O)C(CO)NC(=O)C(N)Cc1c[nH]c2ccccc12)C(=O)O. The fraction of sp³-hybridized carbons (Fsp3) is 0.357. The van der Waals surface area contributed by atoms with E-state index >= 15 is 0 Å². The number of nitrogens with two attached hydrogens (primary N) is 1. The van der Waals surface area contributed by atoms with Crippen LogP contribution in [0.1, 0.15) is 17.5 Å². The molecule has 0 fully saturated rings. The summed E-state index contributed by atoms with van der Waals surface area (Å²) in [6, 6.07) is 11.8. The van der Waals surface area contributed by atoms with Crippen LogP contribution in [0, 0.1) is 0 Å². The number of fused-ring (bicyclic) bond motifs is 1. The standard InChI is InChI=1S/C28H35N5O6S/c1-40-12-11-22(28(38)39)31-26(36)23(13-17-7-3-2-4-8-17)32-27(37)24(16-34)33-25(35)20(29)14-18-15-30-21-10-6-5-9-19(18)21/h2-10,15,20,22-24,30,34H,11-14,16,29H2,1H3,(H,31,36)(H,32,37)(H,33,35)(H,38,39). The Balaban J connectivity index is 1.68. The van der Waals surface area contributed by atoms with Crippen molar-refractivity contribution in [2.45, 2.75) is 43.4 Å². The maximum atomic E-state index is 13.1. The number of benzene rings is 2. The van der Waals surface area contributed by atoms with Gasteiger partial charge in [0.05, 0.1) is 12.6 Å². The molecule has 0 aliphatic carbocycles. The Labute approximate surface area is 236 Å². The largest absolute Gasteiger partial charge is 0.480 e. The molecule has 0 bridgehead atoms. The number of hydrogen-bond acceptors (Lipinski definition) is 7. The van der Waals surface area contributed by atoms with Gasteiger partial charge in [0, 0.05) is 23.5 Å². The van der Waals surface area contributed by atoms with E-state index in [4.69, 9.17) is 5.73 Å². The maximum absolute atomic E-state index is 13.1. The number of rotatable bonds is 15. The molecular formula is C28H35N5O6S. The summed E-state index contributed by atoms with van der Waals surface area (Å²) in [5, 5.41) is 27.8. The van der Waals surface area contributed by atoms with Gasteiger partial charge in [-0.2, -0.15) is 11.8 Å². The molecule has 3 aromatic rings. The molecule has 4 unspecified atom stereocenters. The van der Waals surface area contributed by atoms with Crippen LogP contribution in [-0.2, 0) is 32.0 Å². The van der Waals surface area contributed by atoms with Crippen LogP contribution in [0.25, 0.3) is 10.9 Å². The van der Waals surface area contributed by atoms with Gasteiger partial charge in [0.25, 0.3) is 0 Å². The zero-order chi connectivity index (χ0) is 29.1. The monoisotopic (exact) mass is 569 g/mol. The lowest BCUT2D eigenvalue weighted by atomic mass is 10.0. The molecule has 2 aromatic carbocycles. The number of aromatic nitrogens is 1. The van der Waals surface area contributed by atoms with E-state index < -0.39 is 54.5 Å². The van der Waals surface area contributed by atoms with Crippen LogP contribution in [0.3, 0.4) is 0 Å². The number of amides is 3. The van der Waals surface area contributed by atoms with Crippen LogP contribution in [0.15, 0.2) is 60.8 Å². The molecule has 11 nitrogen and oxygen atoms in total. The number of carbonyl (C=O) groups excluding carboxylic acids is 3. The second-order valence-electron chi connectivity index (χ2n) is 9.35. The number of aliphatic hydroxyl groups is 1. The van der Waals surface area contributed by atoms with E-state index in [1.807, 2.05) is 30.5 Å². The molecule has 0 aliphatic rings. The van der Waals surface area contributed by atoms with Crippen molar-refractivity contribution >= 4 is 46.4 Å². The number of para-hydroxylation sites is 1. The maximum Gasteiger partial charge on any atom is 0.326 e. The minimum absolute atomic E-state index is 0.0689. The molecule has 40 heavy (non-hydrogen) atoms. The van der Waals surface area contributed by atoms with Gasteiger partial charge in [0.1, 0.15) is 18.1 Å². The summed E-state index contributed by atoms with van der Waals surface area (Å²) in [4.78, 5) is 53.8. The number of carboxylic acids is 1. The van der Waals surface area contributed by atoms with Crippen molar-refractivity contribution in [1.29, 1.82) is 0 Å². The van der Waals surface area contributed by atoms with Crippen molar-refractivity contribution < 1.29 is 29.4 Å². The van der Waals surface area contributed by atoms with Gasteiger partial charge < -0.3 is 36.9 Å². The molecular weight excluding hydrogens is 534 g/mol. The number of carbonyl (C=O) groups is 4. The lowest BCUT2D eigenvalue weighted by Crippen LogP contribution is -2.58. The van der Waals surface area contributed by atoms with Crippen molar-refractivity contribution in [3.05, 3.63) is 71.9 Å². The van der Waals surface area contributed by atoms with E-state index in [1.165, 1.54) is 11.8 Å². The number of thioether (sulfide) groups is 1. The summed E-state index contributed by atoms with van der Waals surface area (Å²) in [5.74, 6) is -2.81. The van der Waals surface area contributed by atoms with Gasteiger partial charge in [0.15, 0.2) is 0 Å². The van der Waals surface area contributed by atoms with E-state index in [1.54, 1.807) is 36.5 Å². The first-order valence-corrected chi connectivity index (χ1v) is 14.2. The van der Waals surface area contributed by atoms with Gasteiger partial charge in [-0.3, -0.25) is 14.4 Å². The minimum atomic E-state index is -1.38. The highest BCUT2D eigenvalue weighted by atomic mass is 32.2. The van der Waals surface area contributed by atoms with Crippen molar-refractivity contribution in [3.8, 4) is 0 Å². The smallest absolute Gasteiger partial charge is 0.326 e. The first kappa shape index (κ1) is 30.7. The molecule has 3 amide bonds. The Morgan fingerprint density at radius 2 is 1.50 bits per heavy atom. The van der Waals surface area contributed by atoms with Crippen molar-refractivity contribution in [1.82, 2.24) is 20.9 Å². The molecule has 0 aliphatic heterocycles. The van der Waals surface area contributed by atoms with E-state index in [0.717, 1.165) is 22.0 Å². The molecule has 0 saturated heterocycles. The van der Waals surface area contributed by atoms with Gasteiger partial charge in [-0.25, -0.2) is 4.79 Å². The summed E-state index contributed by atoms with van der Waals surface area (Å²) in [7, 11) is 0. The third kappa shape index (κ3) is 8.57. The Kier molecular flexibility index (Phi) is 11.5. The summed E-state index contributed by atoms with van der Waals surface area (Å²) < 4.78 is 0. The number of aliphatic hydroxyl groups excluding tert-OH is 1. The number of aliphatic carboxylic acids is 1. The summed E-state index contributed by atoms with van der Waals surface area (Å²) in [6.07, 6.45) is 4.07. The molecule has 3 rings (SSSR count). The van der Waals surface area contributed by atoms with Crippen LogP contribution >= 0.6 is 11.8 Å². The van der Waals surface area contributed by atoms with Gasteiger partial charge >= 0.3 is 5.97 Å². The molecule has 1 heterocycles. The third-order valence-corrected chi connectivity index (χ3v) is 7.05. The predicted molar refractivity (Wildman–Crippen MR) is 154 cm³/mol. The summed E-state index contributed by atoms with van der Waals surface area (Å²) in [5.41, 5.74) is 8.58.